The van der Waals surface area contributed by atoms with Crippen molar-refractivity contribution >= 4 is 17.7 Å². The molecule has 1 saturated heterocycles. The van der Waals surface area contributed by atoms with Crippen molar-refractivity contribution in [3.63, 3.8) is 0 Å². The van der Waals surface area contributed by atoms with Crippen LogP contribution in [0, 0.1) is 17.8 Å². The van der Waals surface area contributed by atoms with E-state index >= 15 is 0 Å². The summed E-state index contributed by atoms with van der Waals surface area (Å²) in [6.07, 6.45) is -3.12. The molecule has 1 aliphatic rings. The number of hydrogen-bond acceptors (Lipinski definition) is 3. The van der Waals surface area contributed by atoms with Crippen molar-refractivity contribution in [3.05, 3.63) is 35.4 Å². The second-order valence-corrected chi connectivity index (χ2v) is 9.49. The van der Waals surface area contributed by atoms with Gasteiger partial charge in [0, 0.05) is 31.6 Å². The van der Waals surface area contributed by atoms with E-state index in [9.17, 15) is 27.6 Å². The molecule has 0 spiro atoms. The van der Waals surface area contributed by atoms with E-state index in [1.165, 1.54) is 12.1 Å². The zero-order valence-corrected chi connectivity index (χ0v) is 19.7. The van der Waals surface area contributed by atoms with Crippen LogP contribution in [0.15, 0.2) is 24.3 Å². The molecule has 0 aliphatic carbocycles. The highest BCUT2D eigenvalue weighted by atomic mass is 19.4. The van der Waals surface area contributed by atoms with Gasteiger partial charge in [-0.1, -0.05) is 27.7 Å². The lowest BCUT2D eigenvalue weighted by molar-refractivity contribution is -0.137. The maximum absolute atomic E-state index is 12.8. The molecule has 1 unspecified atom stereocenters. The van der Waals surface area contributed by atoms with Crippen molar-refractivity contribution in [2.45, 2.75) is 59.2 Å². The molecule has 1 aromatic carbocycles. The summed E-state index contributed by atoms with van der Waals surface area (Å²) in [5.41, 5.74) is -0.608. The number of likely N-dealkylation sites (tertiary alicyclic amines) is 1. The lowest BCUT2D eigenvalue weighted by atomic mass is 9.88. The molecule has 184 valence electrons. The van der Waals surface area contributed by atoms with Crippen LogP contribution in [0.4, 0.5) is 13.2 Å². The summed E-state index contributed by atoms with van der Waals surface area (Å²) >= 11 is 0. The molecule has 2 N–H and O–H groups in total. The molecule has 1 fully saturated rings. The number of nitrogens with zero attached hydrogens (tertiary/aromatic N) is 1. The SMILES string of the molecule is CC(C)CNC(=O)C(NC(=O)CC(C)C)C1CCN(C(=O)c2ccc(C(F)(F)F)cc2)CC1. The molecule has 9 heteroatoms. The number of halogens is 3. The fourth-order valence-corrected chi connectivity index (χ4v) is 3.84. The van der Waals surface area contributed by atoms with Crippen LogP contribution < -0.4 is 10.6 Å². The third kappa shape index (κ3) is 8.05. The van der Waals surface area contributed by atoms with Gasteiger partial charge in [0.25, 0.3) is 5.91 Å². The molecule has 33 heavy (non-hydrogen) atoms. The number of carbonyl (C=O) groups excluding carboxylic acids is 3. The second-order valence-electron chi connectivity index (χ2n) is 9.49. The Morgan fingerprint density at radius 3 is 2.06 bits per heavy atom. The Morgan fingerprint density at radius 2 is 1.58 bits per heavy atom. The standard InChI is InChI=1S/C24H34F3N3O3/c1-15(2)13-20(31)29-21(22(32)28-14-16(3)4)17-9-11-30(12-10-17)23(33)18-5-7-19(8-6-18)24(25,26)27/h5-8,15-17,21H,9-14H2,1-4H3,(H,28,32)(H,29,31). The molecule has 3 amide bonds. The zero-order valence-electron chi connectivity index (χ0n) is 19.7. The van der Waals surface area contributed by atoms with Crippen LogP contribution in [-0.4, -0.2) is 48.3 Å². The van der Waals surface area contributed by atoms with Crippen LogP contribution in [0.2, 0.25) is 0 Å². The van der Waals surface area contributed by atoms with Crippen molar-refractivity contribution in [3.8, 4) is 0 Å². The minimum Gasteiger partial charge on any atom is -0.354 e. The van der Waals surface area contributed by atoms with Gasteiger partial charge in [0.2, 0.25) is 11.8 Å². The molecule has 0 radical (unpaired) electrons. The van der Waals surface area contributed by atoms with Gasteiger partial charge in [-0.2, -0.15) is 13.2 Å². The van der Waals surface area contributed by atoms with Gasteiger partial charge in [-0.05, 0) is 54.9 Å². The molecular weight excluding hydrogens is 435 g/mol. The van der Waals surface area contributed by atoms with Crippen LogP contribution in [-0.2, 0) is 15.8 Å². The van der Waals surface area contributed by atoms with Crippen LogP contribution in [0.1, 0.15) is 62.9 Å². The van der Waals surface area contributed by atoms with E-state index in [0.29, 0.717) is 38.9 Å². The summed E-state index contributed by atoms with van der Waals surface area (Å²) in [4.78, 5) is 39.5. The molecule has 1 atom stereocenters. The normalized spacial score (nSPS) is 16.1. The van der Waals surface area contributed by atoms with Crippen molar-refractivity contribution in [2.24, 2.45) is 17.8 Å². The molecule has 0 bridgehead atoms. The van der Waals surface area contributed by atoms with E-state index in [-0.39, 0.29) is 41.0 Å². The van der Waals surface area contributed by atoms with Crippen LogP contribution >= 0.6 is 0 Å². The number of carbonyl (C=O) groups is 3. The summed E-state index contributed by atoms with van der Waals surface area (Å²) < 4.78 is 38.3. The zero-order chi connectivity index (χ0) is 24.8. The topological polar surface area (TPSA) is 78.5 Å². The highest BCUT2D eigenvalue weighted by molar-refractivity contribution is 5.94. The van der Waals surface area contributed by atoms with Gasteiger partial charge in [-0.25, -0.2) is 0 Å². The molecule has 1 aromatic rings. The first-order chi connectivity index (χ1) is 15.4. The van der Waals surface area contributed by atoms with Gasteiger partial charge in [0.05, 0.1) is 5.56 Å². The number of hydrogen-bond donors (Lipinski definition) is 2. The van der Waals surface area contributed by atoms with Gasteiger partial charge >= 0.3 is 6.18 Å². The number of benzene rings is 1. The fraction of sp³-hybridized carbons (Fsp3) is 0.625. The lowest BCUT2D eigenvalue weighted by Gasteiger charge is -2.36. The van der Waals surface area contributed by atoms with Crippen molar-refractivity contribution in [2.75, 3.05) is 19.6 Å². The first kappa shape index (κ1) is 26.7. The summed E-state index contributed by atoms with van der Waals surface area (Å²) in [7, 11) is 0. The summed E-state index contributed by atoms with van der Waals surface area (Å²) in [5.74, 6) is -0.459. The van der Waals surface area contributed by atoms with Crippen molar-refractivity contribution in [1.82, 2.24) is 15.5 Å². The second kappa shape index (κ2) is 11.5. The van der Waals surface area contributed by atoms with E-state index in [1.54, 1.807) is 4.90 Å². The number of piperidine rings is 1. The van der Waals surface area contributed by atoms with Crippen LogP contribution in [0.5, 0.6) is 0 Å². The fourth-order valence-electron chi connectivity index (χ4n) is 3.84. The highest BCUT2D eigenvalue weighted by Gasteiger charge is 2.34. The summed E-state index contributed by atoms with van der Waals surface area (Å²) in [6.45, 7) is 9.05. The average Bonchev–Trinajstić information content (AvgIpc) is 2.74. The van der Waals surface area contributed by atoms with Crippen molar-refractivity contribution in [1.29, 1.82) is 0 Å². The number of rotatable bonds is 8. The maximum atomic E-state index is 12.8. The Balaban J connectivity index is 2.03. The molecule has 0 aromatic heterocycles. The Bertz CT molecular complexity index is 814. The third-order valence-corrected chi connectivity index (χ3v) is 5.63. The minimum absolute atomic E-state index is 0.134. The van der Waals surface area contributed by atoms with Gasteiger partial charge in [0.15, 0.2) is 0 Å². The number of amides is 3. The molecule has 6 nitrogen and oxygen atoms in total. The first-order valence-electron chi connectivity index (χ1n) is 11.4. The smallest absolute Gasteiger partial charge is 0.354 e. The summed E-state index contributed by atoms with van der Waals surface area (Å²) in [6, 6.07) is 3.49. The monoisotopic (exact) mass is 469 g/mol. The first-order valence-corrected chi connectivity index (χ1v) is 11.4. The molecule has 0 saturated carbocycles. The predicted octanol–water partition coefficient (Wildman–Crippen LogP) is 3.86. The van der Waals surface area contributed by atoms with E-state index < -0.39 is 17.8 Å². The Hall–Kier alpha value is -2.58. The van der Waals surface area contributed by atoms with Gasteiger partial charge in [-0.3, -0.25) is 14.4 Å². The maximum Gasteiger partial charge on any atom is 0.416 e. The quantitative estimate of drug-likeness (QED) is 0.607. The van der Waals surface area contributed by atoms with Crippen LogP contribution in [0.25, 0.3) is 0 Å². The molecular formula is C24H34F3N3O3. The summed E-state index contributed by atoms with van der Waals surface area (Å²) in [5, 5.41) is 5.77. The van der Waals surface area contributed by atoms with Crippen LogP contribution in [0.3, 0.4) is 0 Å². The van der Waals surface area contributed by atoms with E-state index in [0.717, 1.165) is 12.1 Å². The highest BCUT2D eigenvalue weighted by Crippen LogP contribution is 2.29. The Labute approximate surface area is 193 Å². The van der Waals surface area contributed by atoms with Gasteiger partial charge < -0.3 is 15.5 Å². The largest absolute Gasteiger partial charge is 0.416 e. The third-order valence-electron chi connectivity index (χ3n) is 5.63. The molecule has 1 aliphatic heterocycles. The van der Waals surface area contributed by atoms with Gasteiger partial charge in [0.1, 0.15) is 6.04 Å². The van der Waals surface area contributed by atoms with Crippen molar-refractivity contribution < 1.29 is 27.6 Å². The predicted molar refractivity (Wildman–Crippen MR) is 119 cm³/mol. The number of alkyl halides is 3. The Morgan fingerprint density at radius 1 is 1.00 bits per heavy atom. The van der Waals surface area contributed by atoms with Gasteiger partial charge in [-0.15, -0.1) is 0 Å². The molecule has 2 rings (SSSR count). The minimum atomic E-state index is -4.45. The number of nitrogens with one attached hydrogen (secondary N) is 2. The Kier molecular flexibility index (Phi) is 9.31. The van der Waals surface area contributed by atoms with E-state index in [4.69, 9.17) is 0 Å². The van der Waals surface area contributed by atoms with E-state index in [1.807, 2.05) is 27.7 Å². The average molecular weight is 470 g/mol. The molecule has 1 heterocycles. The van der Waals surface area contributed by atoms with E-state index in [2.05, 4.69) is 10.6 Å². The lowest BCUT2D eigenvalue weighted by Crippen LogP contribution is -2.54.